The maximum absolute atomic E-state index is 12.4. The van der Waals surface area contributed by atoms with Crippen molar-refractivity contribution in [3.63, 3.8) is 0 Å². The number of aliphatic hydroxyl groups is 3. The zero-order valence-corrected chi connectivity index (χ0v) is 15.3. The largest absolute Gasteiger partial charge is 0.507 e. The first-order valence-electron chi connectivity index (χ1n) is 8.63. The Morgan fingerprint density at radius 3 is 2.63 bits per heavy atom. The predicted octanol–water partition coefficient (Wildman–Crippen LogP) is -0.456. The van der Waals surface area contributed by atoms with E-state index < -0.39 is 47.5 Å². The van der Waals surface area contributed by atoms with E-state index in [0.29, 0.717) is 5.56 Å². The van der Waals surface area contributed by atoms with Gasteiger partial charge in [0, 0.05) is 6.42 Å². The quantitative estimate of drug-likeness (QED) is 0.387. The molecule has 0 unspecified atom stereocenters. The smallest absolute Gasteiger partial charge is 0.342 e. The Balaban J connectivity index is 1.85. The number of carbonyl (C=O) groups is 2. The fourth-order valence-electron chi connectivity index (χ4n) is 4.35. The molecule has 6 N–H and O–H groups in total. The second-order valence-electron chi connectivity index (χ2n) is 7.55. The van der Waals surface area contributed by atoms with Crippen molar-refractivity contribution < 1.29 is 34.8 Å². The van der Waals surface area contributed by atoms with Gasteiger partial charge in [0.15, 0.2) is 0 Å². The van der Waals surface area contributed by atoms with Gasteiger partial charge in [-0.1, -0.05) is 12.1 Å². The van der Waals surface area contributed by atoms with Gasteiger partial charge in [-0.05, 0) is 32.4 Å². The van der Waals surface area contributed by atoms with E-state index in [1.54, 1.807) is 19.1 Å². The van der Waals surface area contributed by atoms with E-state index in [9.17, 15) is 30.0 Å². The third kappa shape index (κ3) is 2.57. The number of aromatic hydroxyl groups is 1. The number of aliphatic hydroxyl groups excluding tert-OH is 1. The summed E-state index contributed by atoms with van der Waals surface area (Å²) in [6.45, 7) is 3.72. The van der Waals surface area contributed by atoms with Crippen molar-refractivity contribution in [2.75, 3.05) is 6.61 Å². The van der Waals surface area contributed by atoms with Crippen molar-refractivity contribution in [2.45, 2.75) is 56.1 Å². The molecule has 0 bridgehead atoms. The van der Waals surface area contributed by atoms with Crippen LogP contribution in [-0.2, 0) is 4.74 Å². The van der Waals surface area contributed by atoms with Gasteiger partial charge in [-0.25, -0.2) is 9.59 Å². The van der Waals surface area contributed by atoms with Crippen LogP contribution in [0.3, 0.4) is 0 Å². The van der Waals surface area contributed by atoms with E-state index in [0.717, 1.165) is 0 Å². The van der Waals surface area contributed by atoms with E-state index in [1.807, 2.05) is 0 Å². The molecule has 1 aliphatic carbocycles. The van der Waals surface area contributed by atoms with Gasteiger partial charge >= 0.3 is 12.0 Å². The molecule has 0 radical (unpaired) electrons. The Bertz CT molecular complexity index is 774. The highest BCUT2D eigenvalue weighted by molar-refractivity contribution is 5.94. The number of hydrogen-bond donors (Lipinski definition) is 6. The lowest BCUT2D eigenvalue weighted by atomic mass is 9.74. The van der Waals surface area contributed by atoms with Crippen LogP contribution in [0.1, 0.15) is 36.2 Å². The summed E-state index contributed by atoms with van der Waals surface area (Å²) in [5.41, 5.74) is -5.03. The number of hydrogen-bond acceptors (Lipinski definition) is 7. The molecule has 0 spiro atoms. The number of amides is 2. The number of aryl methyl sites for hydroxylation is 1. The summed E-state index contributed by atoms with van der Waals surface area (Å²) >= 11 is 0. The van der Waals surface area contributed by atoms with Gasteiger partial charge in [0.1, 0.15) is 34.7 Å². The molecule has 9 heteroatoms. The molecule has 1 heterocycles. The van der Waals surface area contributed by atoms with E-state index in [-0.39, 0.29) is 17.7 Å². The highest BCUT2D eigenvalue weighted by atomic mass is 16.5. The van der Waals surface area contributed by atoms with E-state index in [2.05, 4.69) is 10.6 Å². The van der Waals surface area contributed by atoms with Gasteiger partial charge in [0.25, 0.3) is 0 Å². The SMILES string of the molecule is Cc1cccc(O)c1C(=O)OC[C@@]1(O)C[C@@H]2NC(=O)N[C@]2([C@@H](C)O)[C@@]1(C)O. The molecule has 2 aliphatic rings. The van der Waals surface area contributed by atoms with Crippen LogP contribution < -0.4 is 10.6 Å². The maximum atomic E-state index is 12.4. The van der Waals surface area contributed by atoms with E-state index >= 15 is 0 Å². The van der Waals surface area contributed by atoms with Crippen molar-refractivity contribution in [2.24, 2.45) is 0 Å². The third-order valence-corrected chi connectivity index (χ3v) is 5.98. The van der Waals surface area contributed by atoms with Gasteiger partial charge in [0.05, 0.1) is 12.1 Å². The fourth-order valence-corrected chi connectivity index (χ4v) is 4.35. The van der Waals surface area contributed by atoms with Crippen LogP contribution in [0.2, 0.25) is 0 Å². The standard InChI is InChI=1S/C18H24N2O7/c1-9-5-4-6-11(22)13(9)14(23)27-8-17(26)7-12-18(10(2)21,16(17,3)25)20-15(24)19-12/h4-6,10,12,21-22,25-26H,7-8H2,1-3H3,(H2,19,20,24)/t10-,12+,16+,17+,18+/m1/s1. The summed E-state index contributed by atoms with van der Waals surface area (Å²) < 4.78 is 5.20. The van der Waals surface area contributed by atoms with Crippen molar-refractivity contribution in [1.29, 1.82) is 0 Å². The number of phenolic OH excluding ortho intramolecular Hbond substituents is 1. The average Bonchev–Trinajstić information content (AvgIpc) is 2.96. The third-order valence-electron chi connectivity index (χ3n) is 5.98. The molecule has 0 aromatic heterocycles. The molecule has 1 saturated carbocycles. The Kier molecular flexibility index (Phi) is 4.37. The van der Waals surface area contributed by atoms with E-state index in [4.69, 9.17) is 4.74 Å². The Morgan fingerprint density at radius 1 is 1.41 bits per heavy atom. The molecule has 27 heavy (non-hydrogen) atoms. The summed E-state index contributed by atoms with van der Waals surface area (Å²) in [4.78, 5) is 24.2. The number of rotatable bonds is 4. The molecule has 1 aliphatic heterocycles. The molecule has 9 nitrogen and oxygen atoms in total. The maximum Gasteiger partial charge on any atom is 0.342 e. The first-order chi connectivity index (χ1) is 12.5. The number of benzene rings is 1. The summed E-state index contributed by atoms with van der Waals surface area (Å²) in [5.74, 6) is -1.11. The Hall–Kier alpha value is -2.36. The predicted molar refractivity (Wildman–Crippen MR) is 93.2 cm³/mol. The first-order valence-corrected chi connectivity index (χ1v) is 8.63. The Morgan fingerprint density at radius 2 is 2.07 bits per heavy atom. The molecule has 1 aromatic carbocycles. The Labute approximate surface area is 156 Å². The molecule has 5 atom stereocenters. The van der Waals surface area contributed by atoms with Gasteiger partial charge < -0.3 is 35.8 Å². The van der Waals surface area contributed by atoms with Gasteiger partial charge in [-0.15, -0.1) is 0 Å². The number of esters is 1. The van der Waals surface area contributed by atoms with Crippen LogP contribution >= 0.6 is 0 Å². The number of carbonyl (C=O) groups excluding carboxylic acids is 2. The molecule has 2 amide bonds. The lowest BCUT2D eigenvalue weighted by Crippen LogP contribution is -2.72. The molecule has 3 rings (SSSR count). The van der Waals surface area contributed by atoms with Crippen LogP contribution in [0.5, 0.6) is 5.75 Å². The fraction of sp³-hybridized carbons (Fsp3) is 0.556. The lowest BCUT2D eigenvalue weighted by molar-refractivity contribution is -0.182. The normalized spacial score (nSPS) is 35.9. The van der Waals surface area contributed by atoms with Crippen LogP contribution in [-0.4, -0.2) is 67.9 Å². The molecule has 2 fully saturated rings. The van der Waals surface area contributed by atoms with Crippen molar-refractivity contribution >= 4 is 12.0 Å². The number of fused-ring (bicyclic) bond motifs is 1. The highest BCUT2D eigenvalue weighted by Gasteiger charge is 2.74. The summed E-state index contributed by atoms with van der Waals surface area (Å²) in [6.07, 6.45) is -1.34. The monoisotopic (exact) mass is 380 g/mol. The minimum atomic E-state index is -2.01. The summed E-state index contributed by atoms with van der Waals surface area (Å²) in [5, 5.41) is 47.4. The minimum Gasteiger partial charge on any atom is -0.507 e. The van der Waals surface area contributed by atoms with Crippen molar-refractivity contribution in [3.8, 4) is 5.75 Å². The molecule has 1 saturated heterocycles. The molecule has 1 aromatic rings. The van der Waals surface area contributed by atoms with Crippen LogP contribution in [0.15, 0.2) is 18.2 Å². The molecule has 148 valence electrons. The number of ether oxygens (including phenoxy) is 1. The first kappa shape index (κ1) is 19.4. The second kappa shape index (κ2) is 6.08. The second-order valence-corrected chi connectivity index (χ2v) is 7.55. The van der Waals surface area contributed by atoms with Crippen LogP contribution in [0, 0.1) is 6.92 Å². The summed E-state index contributed by atoms with van der Waals surface area (Å²) in [7, 11) is 0. The number of phenols is 1. The number of nitrogens with one attached hydrogen (secondary N) is 2. The average molecular weight is 380 g/mol. The van der Waals surface area contributed by atoms with Crippen molar-refractivity contribution in [1.82, 2.24) is 10.6 Å². The summed E-state index contributed by atoms with van der Waals surface area (Å²) in [6, 6.07) is 3.22. The van der Waals surface area contributed by atoms with Gasteiger partial charge in [-0.2, -0.15) is 0 Å². The lowest BCUT2D eigenvalue weighted by Gasteiger charge is -2.46. The zero-order chi connectivity index (χ0) is 20.2. The minimum absolute atomic E-state index is 0.0319. The molecular weight excluding hydrogens is 356 g/mol. The van der Waals surface area contributed by atoms with Gasteiger partial charge in [0.2, 0.25) is 0 Å². The van der Waals surface area contributed by atoms with Gasteiger partial charge in [-0.3, -0.25) is 0 Å². The van der Waals surface area contributed by atoms with Crippen LogP contribution in [0.4, 0.5) is 4.79 Å². The molecular formula is C18H24N2O7. The zero-order valence-electron chi connectivity index (χ0n) is 15.3. The van der Waals surface area contributed by atoms with E-state index in [1.165, 1.54) is 19.9 Å². The topological polar surface area (TPSA) is 148 Å². The van der Waals surface area contributed by atoms with Crippen LogP contribution in [0.25, 0.3) is 0 Å². The number of urea groups is 1. The highest BCUT2D eigenvalue weighted by Crippen LogP contribution is 2.50. The van der Waals surface area contributed by atoms with Crippen molar-refractivity contribution in [3.05, 3.63) is 29.3 Å².